The summed E-state index contributed by atoms with van der Waals surface area (Å²) in [6, 6.07) is -0.400. The fourth-order valence-corrected chi connectivity index (χ4v) is 4.17. The molecule has 0 aromatic heterocycles. The van der Waals surface area contributed by atoms with E-state index in [4.69, 9.17) is 0 Å². The molecule has 1 aliphatic carbocycles. The zero-order chi connectivity index (χ0) is 15.7. The highest BCUT2D eigenvalue weighted by Crippen LogP contribution is 2.39. The minimum absolute atomic E-state index is 0.0305. The van der Waals surface area contributed by atoms with Crippen LogP contribution in [0.2, 0.25) is 0 Å². The first-order valence-corrected chi connectivity index (χ1v) is 8.54. The summed E-state index contributed by atoms with van der Waals surface area (Å²) in [5.74, 6) is 1.47. The van der Waals surface area contributed by atoms with Gasteiger partial charge in [0.1, 0.15) is 12.1 Å². The van der Waals surface area contributed by atoms with E-state index in [0.29, 0.717) is 18.3 Å². The Labute approximate surface area is 128 Å². The first-order chi connectivity index (χ1) is 9.92. The van der Waals surface area contributed by atoms with Gasteiger partial charge in [-0.3, -0.25) is 9.59 Å². The first kappa shape index (κ1) is 16.3. The molecule has 5 atom stereocenters. The van der Waals surface area contributed by atoms with Gasteiger partial charge in [-0.05, 0) is 37.0 Å². The molecule has 1 N–H and O–H groups in total. The molecule has 120 valence electrons. The fraction of sp³-hybridized carbons (Fsp3) is 0.882. The maximum atomic E-state index is 12.9. The second-order valence-electron chi connectivity index (χ2n) is 7.07. The van der Waals surface area contributed by atoms with E-state index in [-0.39, 0.29) is 35.9 Å². The number of carbonyl (C=O) groups is 2. The highest BCUT2D eigenvalue weighted by molar-refractivity contribution is 5.97. The minimum atomic E-state index is -0.354. The Hall–Kier alpha value is -1.06. The molecular weight excluding hydrogens is 264 g/mol. The monoisotopic (exact) mass is 294 g/mol. The van der Waals surface area contributed by atoms with Gasteiger partial charge in [-0.15, -0.1) is 0 Å². The summed E-state index contributed by atoms with van der Waals surface area (Å²) in [5, 5.41) is 2.93. The molecule has 4 nitrogen and oxygen atoms in total. The summed E-state index contributed by atoms with van der Waals surface area (Å²) in [5.41, 5.74) is 0. The van der Waals surface area contributed by atoms with Gasteiger partial charge in [0.2, 0.25) is 11.8 Å². The number of piperazine rings is 1. The van der Waals surface area contributed by atoms with E-state index in [9.17, 15) is 9.59 Å². The summed E-state index contributed by atoms with van der Waals surface area (Å²) in [4.78, 5) is 27.3. The van der Waals surface area contributed by atoms with E-state index in [1.165, 1.54) is 6.42 Å². The van der Waals surface area contributed by atoms with E-state index < -0.39 is 0 Å². The lowest BCUT2D eigenvalue weighted by atomic mass is 9.89. The molecule has 1 saturated heterocycles. The molecule has 0 bridgehead atoms. The molecule has 1 aliphatic heterocycles. The van der Waals surface area contributed by atoms with Crippen LogP contribution in [0.25, 0.3) is 0 Å². The van der Waals surface area contributed by atoms with Crippen molar-refractivity contribution in [2.24, 2.45) is 17.8 Å². The molecule has 5 unspecified atom stereocenters. The van der Waals surface area contributed by atoms with Gasteiger partial charge in [-0.1, -0.05) is 41.0 Å². The summed E-state index contributed by atoms with van der Waals surface area (Å²) in [7, 11) is 0. The zero-order valence-electron chi connectivity index (χ0n) is 14.1. The highest BCUT2D eigenvalue weighted by Gasteiger charge is 2.47. The van der Waals surface area contributed by atoms with E-state index in [1.807, 2.05) is 25.7 Å². The van der Waals surface area contributed by atoms with Crippen molar-refractivity contribution in [1.29, 1.82) is 0 Å². The number of nitrogens with zero attached hydrogens (tertiary/aromatic N) is 1. The number of hydrogen-bond donors (Lipinski definition) is 1. The van der Waals surface area contributed by atoms with Crippen molar-refractivity contribution in [3.8, 4) is 0 Å². The Morgan fingerprint density at radius 3 is 2.33 bits per heavy atom. The molecular formula is C17H30N2O2. The van der Waals surface area contributed by atoms with Crippen molar-refractivity contribution in [2.75, 3.05) is 0 Å². The van der Waals surface area contributed by atoms with Gasteiger partial charge in [0.05, 0.1) is 0 Å². The van der Waals surface area contributed by atoms with Crippen LogP contribution in [0.15, 0.2) is 0 Å². The lowest BCUT2D eigenvalue weighted by molar-refractivity contribution is -0.154. The van der Waals surface area contributed by atoms with Crippen molar-refractivity contribution in [1.82, 2.24) is 10.2 Å². The van der Waals surface area contributed by atoms with E-state index in [1.54, 1.807) is 0 Å². The molecule has 1 heterocycles. The predicted octanol–water partition coefficient (Wildman–Crippen LogP) is 2.57. The fourth-order valence-electron chi connectivity index (χ4n) is 4.17. The van der Waals surface area contributed by atoms with Crippen molar-refractivity contribution in [3.63, 3.8) is 0 Å². The molecule has 21 heavy (non-hydrogen) atoms. The standard InChI is InChI=1S/C17H30N2O2/c1-6-12-8-9-14(11(12)5)19-13(7-2)16(20)18-15(10(3)4)17(19)21/h10-15H,6-9H2,1-5H3,(H,18,20). The number of carbonyl (C=O) groups excluding carboxylic acids is 2. The summed E-state index contributed by atoms with van der Waals surface area (Å²) < 4.78 is 0. The predicted molar refractivity (Wildman–Crippen MR) is 83.7 cm³/mol. The largest absolute Gasteiger partial charge is 0.342 e. The summed E-state index contributed by atoms with van der Waals surface area (Å²) >= 11 is 0. The molecule has 2 amide bonds. The smallest absolute Gasteiger partial charge is 0.246 e. The molecule has 1 saturated carbocycles. The van der Waals surface area contributed by atoms with Gasteiger partial charge < -0.3 is 10.2 Å². The maximum Gasteiger partial charge on any atom is 0.246 e. The van der Waals surface area contributed by atoms with Gasteiger partial charge >= 0.3 is 0 Å². The van der Waals surface area contributed by atoms with Crippen molar-refractivity contribution in [3.05, 3.63) is 0 Å². The molecule has 2 aliphatic rings. The molecule has 4 heteroatoms. The molecule has 2 fully saturated rings. The average molecular weight is 294 g/mol. The Morgan fingerprint density at radius 2 is 1.86 bits per heavy atom. The molecule has 2 rings (SSSR count). The Balaban J connectivity index is 2.28. The third-order valence-corrected chi connectivity index (χ3v) is 5.58. The van der Waals surface area contributed by atoms with E-state index >= 15 is 0 Å². The van der Waals surface area contributed by atoms with Crippen LogP contribution in [0.4, 0.5) is 0 Å². The van der Waals surface area contributed by atoms with Crippen LogP contribution < -0.4 is 5.32 Å². The first-order valence-electron chi connectivity index (χ1n) is 8.54. The normalized spacial score (nSPS) is 37.2. The summed E-state index contributed by atoms with van der Waals surface area (Å²) in [6.07, 6.45) is 4.08. The second-order valence-corrected chi connectivity index (χ2v) is 7.07. The Bertz CT molecular complexity index is 408. The summed E-state index contributed by atoms with van der Waals surface area (Å²) in [6.45, 7) is 10.5. The quantitative estimate of drug-likeness (QED) is 0.866. The van der Waals surface area contributed by atoms with Crippen LogP contribution in [0.1, 0.15) is 60.3 Å². The van der Waals surface area contributed by atoms with Crippen LogP contribution >= 0.6 is 0 Å². The zero-order valence-corrected chi connectivity index (χ0v) is 14.1. The van der Waals surface area contributed by atoms with Gasteiger partial charge in [-0.25, -0.2) is 0 Å². The van der Waals surface area contributed by atoms with Crippen LogP contribution in [0, 0.1) is 17.8 Å². The van der Waals surface area contributed by atoms with Gasteiger partial charge in [0, 0.05) is 6.04 Å². The van der Waals surface area contributed by atoms with Gasteiger partial charge in [-0.2, -0.15) is 0 Å². The topological polar surface area (TPSA) is 49.4 Å². The molecule has 0 aromatic rings. The number of nitrogens with one attached hydrogen (secondary N) is 1. The number of rotatable bonds is 4. The average Bonchev–Trinajstić information content (AvgIpc) is 2.81. The molecule has 0 radical (unpaired) electrons. The Morgan fingerprint density at radius 1 is 1.19 bits per heavy atom. The second kappa shape index (κ2) is 6.37. The van der Waals surface area contributed by atoms with Crippen LogP contribution in [-0.2, 0) is 9.59 Å². The number of amides is 2. The van der Waals surface area contributed by atoms with Crippen molar-refractivity contribution >= 4 is 11.8 Å². The third kappa shape index (κ3) is 2.82. The molecule has 0 aromatic carbocycles. The van der Waals surface area contributed by atoms with Crippen LogP contribution in [-0.4, -0.2) is 34.8 Å². The van der Waals surface area contributed by atoms with E-state index in [2.05, 4.69) is 19.2 Å². The number of hydrogen-bond acceptors (Lipinski definition) is 2. The van der Waals surface area contributed by atoms with Crippen LogP contribution in [0.5, 0.6) is 0 Å². The van der Waals surface area contributed by atoms with Crippen molar-refractivity contribution in [2.45, 2.75) is 78.4 Å². The van der Waals surface area contributed by atoms with Gasteiger partial charge in [0.15, 0.2) is 0 Å². The SMILES string of the molecule is CCC1CCC(N2C(=O)C(C(C)C)NC(=O)C2CC)C1C. The van der Waals surface area contributed by atoms with Gasteiger partial charge in [0.25, 0.3) is 0 Å². The lowest BCUT2D eigenvalue weighted by Gasteiger charge is -2.44. The lowest BCUT2D eigenvalue weighted by Crippen LogP contribution is -2.67. The minimum Gasteiger partial charge on any atom is -0.342 e. The highest BCUT2D eigenvalue weighted by atomic mass is 16.2. The van der Waals surface area contributed by atoms with E-state index in [0.717, 1.165) is 12.8 Å². The Kier molecular flexibility index (Phi) is 4.95. The molecule has 0 spiro atoms. The third-order valence-electron chi connectivity index (χ3n) is 5.58. The maximum absolute atomic E-state index is 12.9. The van der Waals surface area contributed by atoms with Crippen molar-refractivity contribution < 1.29 is 9.59 Å². The van der Waals surface area contributed by atoms with Crippen LogP contribution in [0.3, 0.4) is 0 Å².